The van der Waals surface area contributed by atoms with E-state index in [0.29, 0.717) is 0 Å². The number of rotatable bonds is 6. The van der Waals surface area contributed by atoms with Crippen molar-refractivity contribution in [2.45, 2.75) is 6.92 Å². The number of para-hydroxylation sites is 1. The lowest BCUT2D eigenvalue weighted by Gasteiger charge is -2.25. The topological polar surface area (TPSA) is 21.1 Å². The molecule has 0 fully saturated rings. The van der Waals surface area contributed by atoms with Crippen LogP contribution in [-0.2, 0) is 0 Å². The second-order valence-electron chi connectivity index (χ2n) is 9.08. The van der Waals surface area contributed by atoms with Gasteiger partial charge in [0, 0.05) is 28.2 Å². The summed E-state index contributed by atoms with van der Waals surface area (Å²) in [7, 11) is 0. The first kappa shape index (κ1) is 22.6. The number of benzene rings is 5. The molecule has 5 aromatic carbocycles. The molecular formula is C34H27N3. The fourth-order valence-corrected chi connectivity index (χ4v) is 4.60. The smallest absolute Gasteiger partial charge is 0.0934 e. The molecule has 0 N–H and O–H groups in total. The first-order valence-corrected chi connectivity index (χ1v) is 12.5. The van der Waals surface area contributed by atoms with Crippen molar-refractivity contribution in [3.05, 3.63) is 151 Å². The first-order chi connectivity index (χ1) is 18.3. The molecule has 3 nitrogen and oxygen atoms in total. The number of aryl methyl sites for hydroxylation is 1. The molecule has 0 spiro atoms. The number of nitrogens with zero attached hydrogens (tertiary/aromatic N) is 3. The van der Waals surface area contributed by atoms with Gasteiger partial charge in [0.05, 0.1) is 17.1 Å². The summed E-state index contributed by atoms with van der Waals surface area (Å²) in [6.45, 7) is 2.11. The van der Waals surface area contributed by atoms with Crippen LogP contribution in [0.3, 0.4) is 0 Å². The van der Waals surface area contributed by atoms with E-state index in [0.717, 1.165) is 45.3 Å². The minimum atomic E-state index is 0.953. The summed E-state index contributed by atoms with van der Waals surface area (Å²) in [5.41, 5.74) is 9.84. The number of anilines is 3. The molecule has 0 radical (unpaired) electrons. The van der Waals surface area contributed by atoms with Gasteiger partial charge in [0.2, 0.25) is 0 Å². The molecule has 6 rings (SSSR count). The van der Waals surface area contributed by atoms with Crippen LogP contribution in [0.15, 0.2) is 146 Å². The lowest BCUT2D eigenvalue weighted by Crippen LogP contribution is -2.10. The average Bonchev–Trinajstić information content (AvgIpc) is 3.42. The lowest BCUT2D eigenvalue weighted by atomic mass is 10.1. The van der Waals surface area contributed by atoms with Gasteiger partial charge in [0.1, 0.15) is 0 Å². The summed E-state index contributed by atoms with van der Waals surface area (Å²) in [6, 6.07) is 50.7. The lowest BCUT2D eigenvalue weighted by molar-refractivity contribution is 0.892. The Kier molecular flexibility index (Phi) is 6.10. The Morgan fingerprint density at radius 1 is 0.514 bits per heavy atom. The Balaban J connectivity index is 1.43. The van der Waals surface area contributed by atoms with Crippen molar-refractivity contribution < 1.29 is 0 Å². The van der Waals surface area contributed by atoms with E-state index in [1.165, 1.54) is 5.56 Å². The van der Waals surface area contributed by atoms with Crippen LogP contribution in [0.5, 0.6) is 0 Å². The van der Waals surface area contributed by atoms with Gasteiger partial charge in [-0.15, -0.1) is 0 Å². The largest absolute Gasteiger partial charge is 0.311 e. The standard InChI is InChI=1S/C34H27N3/c1-26-17-19-30(20-18-26)36(29-15-9-4-10-16-29)31-21-23-32(24-22-31)37-34(28-13-7-3-8-14-28)25-33(35-37)27-11-5-2-6-12-27/h2-25H,1H3. The Labute approximate surface area is 217 Å². The third kappa shape index (κ3) is 4.67. The zero-order valence-corrected chi connectivity index (χ0v) is 20.7. The average molecular weight is 478 g/mol. The minimum Gasteiger partial charge on any atom is -0.311 e. The zero-order chi connectivity index (χ0) is 25.0. The molecule has 1 heterocycles. The fraction of sp³-hybridized carbons (Fsp3) is 0.0294. The van der Waals surface area contributed by atoms with E-state index in [2.05, 4.69) is 139 Å². The zero-order valence-electron chi connectivity index (χ0n) is 20.7. The maximum Gasteiger partial charge on any atom is 0.0934 e. The van der Waals surface area contributed by atoms with Crippen molar-refractivity contribution in [2.24, 2.45) is 0 Å². The highest BCUT2D eigenvalue weighted by atomic mass is 15.3. The van der Waals surface area contributed by atoms with Crippen LogP contribution in [0, 0.1) is 6.92 Å². The van der Waals surface area contributed by atoms with Gasteiger partial charge in [0.15, 0.2) is 0 Å². The van der Waals surface area contributed by atoms with Crippen molar-refractivity contribution in [1.29, 1.82) is 0 Å². The van der Waals surface area contributed by atoms with E-state index in [9.17, 15) is 0 Å². The molecule has 0 atom stereocenters. The number of hydrogen-bond donors (Lipinski definition) is 0. The Morgan fingerprint density at radius 3 is 1.59 bits per heavy atom. The van der Waals surface area contributed by atoms with Crippen molar-refractivity contribution in [1.82, 2.24) is 9.78 Å². The van der Waals surface area contributed by atoms with E-state index in [1.54, 1.807) is 0 Å². The fourth-order valence-electron chi connectivity index (χ4n) is 4.60. The third-order valence-corrected chi connectivity index (χ3v) is 6.51. The second-order valence-corrected chi connectivity index (χ2v) is 9.08. The monoisotopic (exact) mass is 477 g/mol. The molecule has 6 aromatic rings. The molecule has 0 aliphatic carbocycles. The van der Waals surface area contributed by atoms with Gasteiger partial charge < -0.3 is 4.90 Å². The van der Waals surface area contributed by atoms with Gasteiger partial charge in [0.25, 0.3) is 0 Å². The highest BCUT2D eigenvalue weighted by Crippen LogP contribution is 2.35. The van der Waals surface area contributed by atoms with Crippen molar-refractivity contribution in [3.8, 4) is 28.2 Å². The molecule has 3 heteroatoms. The molecule has 0 unspecified atom stereocenters. The van der Waals surface area contributed by atoms with Crippen LogP contribution < -0.4 is 4.90 Å². The molecule has 178 valence electrons. The first-order valence-electron chi connectivity index (χ1n) is 12.5. The second kappa shape index (κ2) is 10.00. The Morgan fingerprint density at radius 2 is 1.00 bits per heavy atom. The molecule has 37 heavy (non-hydrogen) atoms. The molecule has 0 saturated carbocycles. The molecule has 0 bridgehead atoms. The summed E-state index contributed by atoms with van der Waals surface area (Å²) in [4.78, 5) is 2.28. The van der Waals surface area contributed by atoms with E-state index in [-0.39, 0.29) is 0 Å². The van der Waals surface area contributed by atoms with E-state index < -0.39 is 0 Å². The summed E-state index contributed by atoms with van der Waals surface area (Å²) in [5.74, 6) is 0. The highest BCUT2D eigenvalue weighted by Gasteiger charge is 2.15. The maximum absolute atomic E-state index is 5.03. The normalized spacial score (nSPS) is 10.8. The molecule has 0 aliphatic heterocycles. The predicted molar refractivity (Wildman–Crippen MR) is 154 cm³/mol. The Hall–Kier alpha value is -4.89. The molecule has 0 saturated heterocycles. The Bertz CT molecular complexity index is 1590. The van der Waals surface area contributed by atoms with Gasteiger partial charge in [-0.05, 0) is 61.5 Å². The summed E-state index contributed by atoms with van der Waals surface area (Å²) in [6.07, 6.45) is 0. The van der Waals surface area contributed by atoms with Gasteiger partial charge >= 0.3 is 0 Å². The van der Waals surface area contributed by atoms with Gasteiger partial charge in [-0.1, -0.05) is 96.6 Å². The molecule has 1 aromatic heterocycles. The molecule has 0 amide bonds. The number of aromatic nitrogens is 2. The quantitative estimate of drug-likeness (QED) is 0.239. The SMILES string of the molecule is Cc1ccc(N(c2ccccc2)c2ccc(-n3nc(-c4ccccc4)cc3-c3ccccc3)cc2)cc1. The summed E-state index contributed by atoms with van der Waals surface area (Å²) < 4.78 is 2.04. The van der Waals surface area contributed by atoms with Gasteiger partial charge in [-0.3, -0.25) is 0 Å². The van der Waals surface area contributed by atoms with Gasteiger partial charge in [-0.2, -0.15) is 5.10 Å². The van der Waals surface area contributed by atoms with Crippen LogP contribution in [-0.4, -0.2) is 9.78 Å². The van der Waals surface area contributed by atoms with Crippen LogP contribution >= 0.6 is 0 Å². The van der Waals surface area contributed by atoms with E-state index in [1.807, 2.05) is 22.9 Å². The van der Waals surface area contributed by atoms with Crippen LogP contribution in [0.25, 0.3) is 28.2 Å². The van der Waals surface area contributed by atoms with Gasteiger partial charge in [-0.25, -0.2) is 4.68 Å². The minimum absolute atomic E-state index is 0.953. The van der Waals surface area contributed by atoms with Crippen LogP contribution in [0.1, 0.15) is 5.56 Å². The maximum atomic E-state index is 5.03. The van der Waals surface area contributed by atoms with Crippen molar-refractivity contribution in [3.63, 3.8) is 0 Å². The van der Waals surface area contributed by atoms with Crippen molar-refractivity contribution >= 4 is 17.1 Å². The molecular weight excluding hydrogens is 450 g/mol. The summed E-state index contributed by atoms with van der Waals surface area (Å²) in [5, 5.41) is 5.03. The van der Waals surface area contributed by atoms with Crippen molar-refractivity contribution in [2.75, 3.05) is 4.90 Å². The van der Waals surface area contributed by atoms with Crippen LogP contribution in [0.2, 0.25) is 0 Å². The highest BCUT2D eigenvalue weighted by molar-refractivity contribution is 5.77. The molecule has 0 aliphatic rings. The van der Waals surface area contributed by atoms with Crippen LogP contribution in [0.4, 0.5) is 17.1 Å². The van der Waals surface area contributed by atoms with E-state index >= 15 is 0 Å². The summed E-state index contributed by atoms with van der Waals surface area (Å²) >= 11 is 0. The number of hydrogen-bond acceptors (Lipinski definition) is 2. The predicted octanol–water partition coefficient (Wildman–Crippen LogP) is 8.98. The third-order valence-electron chi connectivity index (χ3n) is 6.51. The van der Waals surface area contributed by atoms with E-state index in [4.69, 9.17) is 5.10 Å².